The van der Waals surface area contributed by atoms with Gasteiger partial charge in [0.25, 0.3) is 11.5 Å². The Balaban J connectivity index is 0.942. The molecular weight excluding hydrogens is 903 g/mol. The minimum absolute atomic E-state index is 0.0312. The lowest BCUT2D eigenvalue weighted by molar-refractivity contribution is -0.136. The number of benzene rings is 2. The highest BCUT2D eigenvalue weighted by molar-refractivity contribution is 6.31. The molecule has 344 valence electrons. The normalized spacial score (nSPS) is 17.4. The fourth-order valence-corrected chi connectivity index (χ4v) is 9.52. The molecule has 4 amide bonds. The summed E-state index contributed by atoms with van der Waals surface area (Å²) in [5.74, 6) is 5.74. The van der Waals surface area contributed by atoms with E-state index in [-0.39, 0.29) is 77.5 Å². The number of imidazole rings is 2. The van der Waals surface area contributed by atoms with E-state index in [4.69, 9.17) is 37.7 Å². The molecule has 0 aliphatic carbocycles. The van der Waals surface area contributed by atoms with Gasteiger partial charge in [0, 0.05) is 75.5 Å². The van der Waals surface area contributed by atoms with Gasteiger partial charge in [0.15, 0.2) is 5.69 Å². The zero-order valence-corrected chi connectivity index (χ0v) is 38.4. The number of aryl methyl sites for hydroxylation is 2. The number of carbonyl (C=O) groups is 4. The fraction of sp³-hybridized carbons (Fsp3) is 0.340. The second-order valence-electron chi connectivity index (χ2n) is 16.6. The van der Waals surface area contributed by atoms with Gasteiger partial charge >= 0.3 is 11.7 Å². The number of ether oxygens (including phenoxy) is 2. The number of nitrogens with one attached hydrogen (secondary N) is 1. The second kappa shape index (κ2) is 18.2. The molecule has 20 heteroatoms. The lowest BCUT2D eigenvalue weighted by Gasteiger charge is -2.30. The first-order chi connectivity index (χ1) is 32.3. The van der Waals surface area contributed by atoms with Crippen molar-refractivity contribution in [3.8, 4) is 35.1 Å². The van der Waals surface area contributed by atoms with Crippen LogP contribution in [0.5, 0.6) is 11.9 Å². The first-order valence-corrected chi connectivity index (χ1v) is 22.4. The summed E-state index contributed by atoms with van der Waals surface area (Å²) in [4.78, 5) is 96.5. The van der Waals surface area contributed by atoms with E-state index in [0.29, 0.717) is 76.6 Å². The van der Waals surface area contributed by atoms with Crippen molar-refractivity contribution in [1.29, 1.82) is 0 Å². The number of carbonyl (C=O) groups excluding carboxylic acids is 4. The van der Waals surface area contributed by atoms with E-state index >= 15 is 0 Å². The number of halogens is 2. The average Bonchev–Trinajstić information content (AvgIpc) is 3.92. The van der Waals surface area contributed by atoms with E-state index in [1.807, 2.05) is 21.6 Å². The Labute approximate surface area is 393 Å². The zero-order valence-electron chi connectivity index (χ0n) is 36.9. The van der Waals surface area contributed by atoms with Crippen LogP contribution in [-0.2, 0) is 35.0 Å². The summed E-state index contributed by atoms with van der Waals surface area (Å²) in [6, 6.07) is 12.3. The van der Waals surface area contributed by atoms with Crippen LogP contribution in [0, 0.1) is 17.8 Å². The first kappa shape index (κ1) is 44.9. The molecule has 0 radical (unpaired) electrons. The smallest absolute Gasteiger partial charge is 0.329 e. The lowest BCUT2D eigenvalue weighted by atomic mass is 9.96. The van der Waals surface area contributed by atoms with Crippen molar-refractivity contribution in [3.63, 3.8) is 0 Å². The third-order valence-corrected chi connectivity index (χ3v) is 13.0. The highest BCUT2D eigenvalue weighted by Gasteiger charge is 2.46. The van der Waals surface area contributed by atoms with E-state index in [9.17, 15) is 28.8 Å². The predicted molar refractivity (Wildman–Crippen MR) is 247 cm³/mol. The Kier molecular flexibility index (Phi) is 12.2. The molecule has 1 N–H and O–H groups in total. The summed E-state index contributed by atoms with van der Waals surface area (Å²) < 4.78 is 17.0. The Morgan fingerprint density at radius 1 is 0.910 bits per heavy atom. The average molecular weight is 948 g/mol. The van der Waals surface area contributed by atoms with Crippen molar-refractivity contribution in [2.45, 2.75) is 57.2 Å². The van der Waals surface area contributed by atoms with Crippen molar-refractivity contribution >= 4 is 63.6 Å². The van der Waals surface area contributed by atoms with Gasteiger partial charge in [-0.05, 0) is 67.6 Å². The topological polar surface area (TPSA) is 198 Å². The molecule has 0 spiro atoms. The first-order valence-electron chi connectivity index (χ1n) is 21.6. The van der Waals surface area contributed by atoms with Crippen molar-refractivity contribution in [2.24, 2.45) is 20.0 Å². The molecule has 7 heterocycles. The molecule has 67 heavy (non-hydrogen) atoms. The van der Waals surface area contributed by atoms with E-state index in [2.05, 4.69) is 27.1 Å². The SMILES string of the molecule is COc1ncc(-c2nc3c(n2CCCC(=O)N2CCC(C#Cc4ccc5c(c4)n(C)c(=O)n5C4CCC(=O)NC4=O)CC2)[C@H](c2ccc(Cl)cc2)N(c2cc(Cl)cn(C)c2=O)C3=O)c(OC)n1. The number of anilines is 1. The summed E-state index contributed by atoms with van der Waals surface area (Å²) in [6.45, 7) is 1.28. The van der Waals surface area contributed by atoms with Crippen LogP contribution in [0.3, 0.4) is 0 Å². The van der Waals surface area contributed by atoms with E-state index in [1.54, 1.807) is 44.4 Å². The van der Waals surface area contributed by atoms with E-state index < -0.39 is 29.5 Å². The maximum atomic E-state index is 14.6. The Bertz CT molecular complexity index is 3190. The summed E-state index contributed by atoms with van der Waals surface area (Å²) in [6.07, 6.45) is 5.28. The third-order valence-electron chi connectivity index (χ3n) is 12.5. The summed E-state index contributed by atoms with van der Waals surface area (Å²) in [5.41, 5.74) is 2.83. The van der Waals surface area contributed by atoms with Crippen LogP contribution in [0.25, 0.3) is 22.4 Å². The number of fused-ring (bicyclic) bond motifs is 2. The quantitative estimate of drug-likeness (QED) is 0.146. The summed E-state index contributed by atoms with van der Waals surface area (Å²) in [7, 11) is 6.09. The fourth-order valence-electron chi connectivity index (χ4n) is 9.15. The van der Waals surface area contributed by atoms with Crippen molar-refractivity contribution in [1.82, 2.24) is 43.4 Å². The Morgan fingerprint density at radius 3 is 2.39 bits per heavy atom. The number of amides is 4. The van der Waals surface area contributed by atoms with Crippen LogP contribution in [0.4, 0.5) is 5.69 Å². The van der Waals surface area contributed by atoms with Gasteiger partial charge in [-0.15, -0.1) is 0 Å². The van der Waals surface area contributed by atoms with Gasteiger partial charge in [0.05, 0.1) is 41.5 Å². The van der Waals surface area contributed by atoms with Crippen LogP contribution < -0.4 is 30.9 Å². The highest BCUT2D eigenvalue weighted by atomic mass is 35.5. The molecule has 4 aromatic heterocycles. The van der Waals surface area contributed by atoms with Gasteiger partial charge in [0.1, 0.15) is 23.6 Å². The molecule has 1 unspecified atom stereocenters. The molecule has 9 rings (SSSR count). The molecule has 0 bridgehead atoms. The number of pyridine rings is 1. The van der Waals surface area contributed by atoms with Gasteiger partial charge < -0.3 is 23.5 Å². The van der Waals surface area contributed by atoms with Gasteiger partial charge in [-0.2, -0.15) is 4.98 Å². The van der Waals surface area contributed by atoms with Crippen molar-refractivity contribution in [2.75, 3.05) is 32.2 Å². The standard InChI is InChI=1S/C47H44Cl2N10O8/c1-54-25-30(49)23-35(44(54)63)59-39(28-10-12-29(48)13-11-28)40-38(45(59)64)52-41(31-24-50-46(67-4)53-43(31)66-3)57(40)19-5-6-37(61)56-20-17-26(18-21-56)7-8-27-9-14-32-34(22-27)55(2)47(65)58(32)33-15-16-36(60)51-42(33)62/h9-14,22-26,33,39H,5-6,15-21H2,1-4H3,(H,51,60,62)/t33?,39-/m0/s1. The minimum Gasteiger partial charge on any atom is -0.480 e. The maximum absolute atomic E-state index is 14.6. The van der Waals surface area contributed by atoms with E-state index in [0.717, 1.165) is 0 Å². The van der Waals surface area contributed by atoms with Gasteiger partial charge in [0.2, 0.25) is 23.6 Å². The van der Waals surface area contributed by atoms with Gasteiger partial charge in [-0.25, -0.2) is 14.8 Å². The third kappa shape index (κ3) is 8.33. The largest absolute Gasteiger partial charge is 0.480 e. The molecule has 3 aliphatic heterocycles. The molecule has 0 saturated carbocycles. The number of likely N-dealkylation sites (tertiary alicyclic amines) is 1. The maximum Gasteiger partial charge on any atom is 0.329 e. The van der Waals surface area contributed by atoms with Gasteiger partial charge in [-0.3, -0.25) is 43.3 Å². The molecule has 2 aromatic carbocycles. The Morgan fingerprint density at radius 2 is 1.67 bits per heavy atom. The predicted octanol–water partition coefficient (Wildman–Crippen LogP) is 4.81. The number of aromatic nitrogens is 7. The number of hydrogen-bond acceptors (Lipinski definition) is 11. The number of nitrogens with zero attached hydrogens (tertiary/aromatic N) is 9. The molecule has 18 nitrogen and oxygen atoms in total. The minimum atomic E-state index is -0.846. The monoisotopic (exact) mass is 946 g/mol. The number of imide groups is 1. The van der Waals surface area contributed by atoms with Crippen molar-refractivity contribution in [3.05, 3.63) is 114 Å². The van der Waals surface area contributed by atoms with Crippen LogP contribution in [0.1, 0.15) is 77.9 Å². The summed E-state index contributed by atoms with van der Waals surface area (Å²) >= 11 is 12.8. The number of hydrogen-bond donors (Lipinski definition) is 1. The molecule has 3 aliphatic rings. The van der Waals surface area contributed by atoms with Crippen LogP contribution in [-0.4, -0.2) is 89.1 Å². The van der Waals surface area contributed by atoms with Crippen molar-refractivity contribution < 1.29 is 28.7 Å². The van der Waals surface area contributed by atoms with Crippen LogP contribution in [0.15, 0.2) is 70.5 Å². The van der Waals surface area contributed by atoms with Crippen LogP contribution in [0.2, 0.25) is 10.0 Å². The Hall–Kier alpha value is -7.23. The molecule has 2 atom stereocenters. The van der Waals surface area contributed by atoms with E-state index in [1.165, 1.54) is 51.3 Å². The number of rotatable bonds is 10. The number of methoxy groups -OCH3 is 2. The zero-order chi connectivity index (χ0) is 47.3. The summed E-state index contributed by atoms with van der Waals surface area (Å²) in [5, 5.41) is 3.07. The molecular formula is C47H44Cl2N10O8. The number of piperidine rings is 2. The molecule has 2 fully saturated rings. The second-order valence-corrected chi connectivity index (χ2v) is 17.5. The van der Waals surface area contributed by atoms with Crippen LogP contribution >= 0.6 is 23.2 Å². The molecule has 6 aromatic rings. The molecule has 2 saturated heterocycles. The van der Waals surface area contributed by atoms with Gasteiger partial charge in [-0.1, -0.05) is 47.2 Å². The lowest BCUT2D eigenvalue weighted by Crippen LogP contribution is -2.44. The highest BCUT2D eigenvalue weighted by Crippen LogP contribution is 2.44.